The minimum atomic E-state index is -5.65. The number of aliphatic hydroxyl groups excluding tert-OH is 2. The fourth-order valence-electron chi connectivity index (χ4n) is 11.4. The van der Waals surface area contributed by atoms with Gasteiger partial charge in [-0.2, -0.15) is 34.5 Å². The Bertz CT molecular complexity index is 5540. The van der Waals surface area contributed by atoms with Crippen LogP contribution >= 0.6 is 93.9 Å². The number of hydrogen-bond acceptors (Lipinski definition) is 46. The van der Waals surface area contributed by atoms with Gasteiger partial charge in [0.1, 0.15) is 78.3 Å². The number of phosphoric ester groups is 4. The second-order valence-corrected chi connectivity index (χ2v) is 43.1. The molecular formula is C44H72N20O46P12. The predicted octanol–water partition coefficient (Wildman–Crippen LogP) is 0.643. The summed E-state index contributed by atoms with van der Waals surface area (Å²) >= 11 is 0. The Labute approximate surface area is 677 Å². The molecule has 0 spiro atoms. The first-order valence-corrected chi connectivity index (χ1v) is 50.8. The third kappa shape index (κ3) is 27.9. The van der Waals surface area contributed by atoms with E-state index in [1.165, 1.54) is 66.7 Å². The number of aliphatic hydroxyl groups is 2. The van der Waals surface area contributed by atoms with Crippen molar-refractivity contribution in [3.05, 3.63) is 50.6 Å². The number of nitrogens with zero attached hydrogens (tertiary/aromatic N) is 16. The molecule has 8 aromatic heterocycles. The molecule has 4 saturated heterocycles. The summed E-state index contributed by atoms with van der Waals surface area (Å²) in [6.45, 7) is 4.19. The summed E-state index contributed by atoms with van der Waals surface area (Å²) in [5.41, 5.74) is 25.7. The molecule has 122 heavy (non-hydrogen) atoms. The number of fused-ring (bicyclic) bond motifs is 4. The van der Waals surface area contributed by atoms with E-state index in [4.69, 9.17) is 101 Å². The third-order valence-corrected chi connectivity index (χ3v) is 31.6. The van der Waals surface area contributed by atoms with Crippen LogP contribution in [0.25, 0.3) is 44.7 Å². The van der Waals surface area contributed by atoms with Crippen LogP contribution < -0.4 is 22.9 Å². The standard InChI is InChI=1S/2C11H18N5O12P3.2C11H18N5O11P3/c1-5-8(17)6(2-25-30(21,22)28-31(23,24)27-29(18,19)20)26-11(5)16-4-15-7-9(12)13-3-14-10(7)16;1-5-6(2-25-30(21,22)28-31(23,24)27-29(18,19)20)26-11(8(5)17)16-4-15-7-9(12)13-3-14-10(7)16;1-6-2-8(16-5-15-9-10(12)13-4-14-11(9)16)25-7(6)3-24-29(20,21)27-30(22,23)26-28(17,18)19;1-6-2-7(3-24-29(20,21)27-30(22,23)26-28(17,18)19)25-11(6)16-5-15-8-9(12)13-4-14-10(8)16/h2*3-6,8,11,17H,2H2,1H3,(H,21,22)(H,23,24)(H2,12,13,14)(H2,18,19,20);4-8H,2-3H2,1H3,(H,20,21)(H,22,23)(H2,12,13,14)(H2,17,18,19);4-7,11H,2-3H2,1H3,(H,20,21)(H,22,23)(H2,12,13,14)(H2,17,18,19). The van der Waals surface area contributed by atoms with E-state index in [-0.39, 0.29) is 46.3 Å². The molecule has 66 nitrogen and oxygen atoms in total. The molecule has 26 N–H and O–H groups in total. The van der Waals surface area contributed by atoms with Gasteiger partial charge in [0.2, 0.25) is 0 Å². The quantitative estimate of drug-likeness (QED) is 0.0257. The average molecular weight is 1990 g/mol. The number of anilines is 4. The molecule has 0 amide bonds. The van der Waals surface area contributed by atoms with Crippen molar-refractivity contribution in [2.24, 2.45) is 23.7 Å². The normalized spacial score (nSPS) is 27.5. The van der Waals surface area contributed by atoms with Gasteiger partial charge < -0.3 is 130 Å². The Kier molecular flexibility index (Phi) is 31.8. The third-order valence-electron chi connectivity index (χ3n) is 16.4. The minimum absolute atomic E-state index is 0.105. The zero-order chi connectivity index (χ0) is 91.0. The van der Waals surface area contributed by atoms with Crippen LogP contribution in [0.1, 0.15) is 65.4 Å². The highest BCUT2D eigenvalue weighted by atomic mass is 31.3. The monoisotopic (exact) mass is 1990 g/mol. The summed E-state index contributed by atoms with van der Waals surface area (Å²) in [7, 11) is -65.5. The smallest absolute Gasteiger partial charge is 0.390 e. The van der Waals surface area contributed by atoms with E-state index in [9.17, 15) is 84.6 Å². The number of aromatic nitrogens is 16. The molecule has 12 rings (SSSR count). The maximum absolute atomic E-state index is 11.9. The number of phosphoric acid groups is 12. The van der Waals surface area contributed by atoms with Crippen LogP contribution in [0.5, 0.6) is 0 Å². The van der Waals surface area contributed by atoms with Crippen molar-refractivity contribution >= 4 is 162 Å². The highest BCUT2D eigenvalue weighted by Crippen LogP contribution is 2.70. The number of nitrogen functional groups attached to an aromatic ring is 4. The first kappa shape index (κ1) is 101. The largest absolute Gasteiger partial charge is 0.490 e. The van der Waals surface area contributed by atoms with E-state index in [1.54, 1.807) is 23.0 Å². The van der Waals surface area contributed by atoms with Gasteiger partial charge in [-0.3, -0.25) is 36.4 Å². The zero-order valence-electron chi connectivity index (χ0n) is 61.3. The van der Waals surface area contributed by atoms with Crippen LogP contribution in [-0.2, 0) is 126 Å². The average Bonchev–Trinajstić information content (AvgIpc) is 1.65. The highest BCUT2D eigenvalue weighted by Gasteiger charge is 2.50. The molecule has 0 radical (unpaired) electrons. The Morgan fingerprint density at radius 3 is 0.992 bits per heavy atom. The molecule has 684 valence electrons. The Morgan fingerprint density at radius 2 is 0.631 bits per heavy atom. The molecule has 4 aliphatic heterocycles. The van der Waals surface area contributed by atoms with Crippen molar-refractivity contribution in [2.75, 3.05) is 49.4 Å². The van der Waals surface area contributed by atoms with Gasteiger partial charge in [0.15, 0.2) is 52.1 Å². The topological polar surface area (TPSA) is 995 Å². The molecule has 0 saturated carbocycles. The van der Waals surface area contributed by atoms with E-state index in [1.807, 2.05) is 6.92 Å². The lowest BCUT2D eigenvalue weighted by atomic mass is 10.0. The summed E-state index contributed by atoms with van der Waals surface area (Å²) in [5.74, 6) is -0.973. The molecule has 22 unspecified atom stereocenters. The summed E-state index contributed by atoms with van der Waals surface area (Å²) in [6, 6.07) is 0. The van der Waals surface area contributed by atoms with E-state index in [0.29, 0.717) is 46.3 Å². The molecular weight excluding hydrogens is 1920 g/mol. The van der Waals surface area contributed by atoms with Crippen molar-refractivity contribution in [1.82, 2.24) is 78.1 Å². The van der Waals surface area contributed by atoms with Crippen LogP contribution in [-0.4, -0.2) is 230 Å². The minimum Gasteiger partial charge on any atom is -0.390 e. The van der Waals surface area contributed by atoms with Gasteiger partial charge in [0.05, 0.1) is 76.2 Å². The van der Waals surface area contributed by atoms with Crippen LogP contribution in [0.15, 0.2) is 50.6 Å². The molecule has 12 heterocycles. The molecule has 4 aliphatic rings. The van der Waals surface area contributed by atoms with E-state index < -0.39 is 194 Å². The first-order chi connectivity index (χ1) is 55.9. The molecule has 0 bridgehead atoms. The summed E-state index contributed by atoms with van der Waals surface area (Å²) < 4.78 is 212. The van der Waals surface area contributed by atoms with Gasteiger partial charge in [-0.05, 0) is 18.8 Å². The fourth-order valence-corrected chi connectivity index (χ4v) is 23.5. The number of nitrogens with two attached hydrogens (primary N) is 4. The zero-order valence-corrected chi connectivity index (χ0v) is 72.0. The second kappa shape index (κ2) is 38.6. The fraction of sp³-hybridized carbons (Fsp3) is 0.545. The van der Waals surface area contributed by atoms with Crippen LogP contribution in [0.3, 0.4) is 0 Å². The van der Waals surface area contributed by atoms with E-state index >= 15 is 0 Å². The highest BCUT2D eigenvalue weighted by molar-refractivity contribution is 7.68. The summed E-state index contributed by atoms with van der Waals surface area (Å²) in [4.78, 5) is 191. The second-order valence-electron chi connectivity index (χ2n) is 25.4. The van der Waals surface area contributed by atoms with Crippen molar-refractivity contribution in [3.63, 3.8) is 0 Å². The first-order valence-electron chi connectivity index (χ1n) is 32.7. The van der Waals surface area contributed by atoms with Gasteiger partial charge in [0.25, 0.3) is 0 Å². The Balaban J connectivity index is 0.000000185. The van der Waals surface area contributed by atoms with Crippen LogP contribution in [0, 0.1) is 23.7 Å². The summed E-state index contributed by atoms with van der Waals surface area (Å²) in [6.07, 6.45) is 2.23. The number of rotatable bonds is 32. The molecule has 4 fully saturated rings. The Morgan fingerprint density at radius 1 is 0.328 bits per heavy atom. The lowest BCUT2D eigenvalue weighted by molar-refractivity contribution is -0.0485. The molecule has 22 atom stereocenters. The van der Waals surface area contributed by atoms with E-state index in [0.717, 1.165) is 0 Å². The van der Waals surface area contributed by atoms with Gasteiger partial charge in [-0.15, -0.1) is 0 Å². The van der Waals surface area contributed by atoms with Gasteiger partial charge >= 0.3 is 93.9 Å². The number of hydrogen-bond donors (Lipinski definition) is 22. The Hall–Kier alpha value is -5.20. The summed E-state index contributed by atoms with van der Waals surface area (Å²) in [5, 5.41) is 20.9. The van der Waals surface area contributed by atoms with Gasteiger partial charge in [-0.1, -0.05) is 27.7 Å². The lowest BCUT2D eigenvalue weighted by Gasteiger charge is -2.19. The van der Waals surface area contributed by atoms with Crippen molar-refractivity contribution in [3.8, 4) is 0 Å². The van der Waals surface area contributed by atoms with Gasteiger partial charge in [-0.25, -0.2) is 115 Å². The van der Waals surface area contributed by atoms with Crippen LogP contribution in [0.2, 0.25) is 0 Å². The molecule has 78 heteroatoms. The van der Waals surface area contributed by atoms with Crippen molar-refractivity contribution in [2.45, 2.75) is 102 Å². The van der Waals surface area contributed by atoms with Gasteiger partial charge in [0, 0.05) is 17.8 Å². The molecule has 0 aliphatic carbocycles. The number of imidazole rings is 4. The number of ether oxygens (including phenoxy) is 4. The maximum atomic E-state index is 11.9. The molecule has 0 aromatic carbocycles. The SMILES string of the molecule is CC1C(COP(=O)(O)OP(=O)(O)OP(=O)(O)O)OC(n2cnc3c(N)ncnc32)C1O.CC1C(O)C(COP(=O)(O)OP(=O)(O)OP(=O)(O)O)OC1n1cnc2c(N)ncnc21.CC1CC(COP(=O)(O)OP(=O)(O)OP(=O)(O)O)OC1n1cnc2c(N)ncnc21.CC1CC(n2cnc3c(N)ncnc32)OC1COP(=O)(O)OP(=O)(O)OP(=O)(O)O. The van der Waals surface area contributed by atoms with Crippen molar-refractivity contribution in [1.29, 1.82) is 0 Å². The predicted molar refractivity (Wildman–Crippen MR) is 392 cm³/mol. The lowest BCUT2D eigenvalue weighted by Crippen LogP contribution is -2.29. The van der Waals surface area contributed by atoms with E-state index in [2.05, 4.69) is 112 Å². The maximum Gasteiger partial charge on any atom is 0.490 e. The van der Waals surface area contributed by atoms with Crippen LogP contribution in [0.4, 0.5) is 23.3 Å². The molecule has 8 aromatic rings. The van der Waals surface area contributed by atoms with Crippen molar-refractivity contribution < 1.29 is 215 Å².